The molecular weight excluding hydrogens is 352 g/mol. The molecule has 1 aliphatic rings. The summed E-state index contributed by atoms with van der Waals surface area (Å²) < 4.78 is 0. The van der Waals surface area contributed by atoms with E-state index in [2.05, 4.69) is 28.4 Å². The lowest BCUT2D eigenvalue weighted by atomic mass is 10.1. The molecule has 2 aromatic rings. The van der Waals surface area contributed by atoms with Crippen LogP contribution in [0.5, 0.6) is 0 Å². The summed E-state index contributed by atoms with van der Waals surface area (Å²) in [7, 11) is 1.83. The first-order valence-electron chi connectivity index (χ1n) is 9.75. The van der Waals surface area contributed by atoms with Gasteiger partial charge in [-0.15, -0.1) is 0 Å². The Morgan fingerprint density at radius 1 is 1.04 bits per heavy atom. The molecule has 3 amide bonds. The maximum absolute atomic E-state index is 12.8. The van der Waals surface area contributed by atoms with Gasteiger partial charge in [0.2, 0.25) is 0 Å². The number of hydrogen-bond donors (Lipinski definition) is 2. The Labute approximate surface area is 166 Å². The number of carbonyl (C=O) groups is 2. The van der Waals surface area contributed by atoms with Crippen molar-refractivity contribution in [2.45, 2.75) is 32.4 Å². The second-order valence-electron chi connectivity index (χ2n) is 7.25. The predicted octanol–water partition coefficient (Wildman–Crippen LogP) is 3.12. The van der Waals surface area contributed by atoms with Crippen LogP contribution < -0.4 is 16.0 Å². The molecule has 148 valence electrons. The zero-order chi connectivity index (χ0) is 19.9. The van der Waals surface area contributed by atoms with E-state index in [9.17, 15) is 9.59 Å². The summed E-state index contributed by atoms with van der Waals surface area (Å²) in [5, 5.41) is 2.54. The Balaban J connectivity index is 1.67. The van der Waals surface area contributed by atoms with Crippen LogP contribution in [0.3, 0.4) is 0 Å². The molecule has 0 aromatic heterocycles. The lowest BCUT2D eigenvalue weighted by Crippen LogP contribution is -2.32. The number of hydrogen-bond acceptors (Lipinski definition) is 3. The van der Waals surface area contributed by atoms with Gasteiger partial charge in [-0.1, -0.05) is 30.3 Å². The summed E-state index contributed by atoms with van der Waals surface area (Å²) >= 11 is 0. The van der Waals surface area contributed by atoms with Crippen LogP contribution in [0.25, 0.3) is 0 Å². The number of anilines is 1. The summed E-state index contributed by atoms with van der Waals surface area (Å²) in [5.74, 6) is -0.0251. The average Bonchev–Trinajstić information content (AvgIpc) is 2.73. The number of nitrogens with two attached hydrogens (primary N) is 1. The average molecular weight is 380 g/mol. The van der Waals surface area contributed by atoms with Crippen LogP contribution in [0.2, 0.25) is 0 Å². The number of piperidine rings is 1. The first kappa shape index (κ1) is 19.7. The van der Waals surface area contributed by atoms with Crippen molar-refractivity contribution in [1.82, 2.24) is 10.2 Å². The minimum absolute atomic E-state index is 0.0251. The standard InChI is InChI=1S/C22H28N4O2/c1-25(21(27)18-11-9-17(10-12-18)15-24-22(23)28)16-19-7-3-4-8-20(19)26-13-5-2-6-14-26/h3-4,7-12H,2,5-6,13-16H2,1H3,(H3,23,24,28). The Kier molecular flexibility index (Phi) is 6.53. The third-order valence-corrected chi connectivity index (χ3v) is 5.11. The first-order chi connectivity index (χ1) is 13.5. The van der Waals surface area contributed by atoms with Crippen molar-refractivity contribution in [3.63, 3.8) is 0 Å². The highest BCUT2D eigenvalue weighted by molar-refractivity contribution is 5.94. The van der Waals surface area contributed by atoms with Crippen molar-refractivity contribution in [3.05, 3.63) is 65.2 Å². The highest BCUT2D eigenvalue weighted by Crippen LogP contribution is 2.25. The summed E-state index contributed by atoms with van der Waals surface area (Å²) in [5.41, 5.74) is 9.01. The molecule has 28 heavy (non-hydrogen) atoms. The molecule has 1 aliphatic heterocycles. The van der Waals surface area contributed by atoms with Crippen molar-refractivity contribution in [2.75, 3.05) is 25.0 Å². The van der Waals surface area contributed by atoms with Gasteiger partial charge in [0.1, 0.15) is 0 Å². The van der Waals surface area contributed by atoms with Crippen molar-refractivity contribution in [1.29, 1.82) is 0 Å². The van der Waals surface area contributed by atoms with Crippen LogP contribution in [-0.4, -0.2) is 37.0 Å². The zero-order valence-corrected chi connectivity index (χ0v) is 16.4. The van der Waals surface area contributed by atoms with Gasteiger partial charge in [-0.2, -0.15) is 0 Å². The number of carbonyl (C=O) groups excluding carboxylic acids is 2. The van der Waals surface area contributed by atoms with E-state index < -0.39 is 6.03 Å². The zero-order valence-electron chi connectivity index (χ0n) is 16.4. The van der Waals surface area contributed by atoms with Crippen LogP contribution in [0, 0.1) is 0 Å². The minimum atomic E-state index is -0.563. The summed E-state index contributed by atoms with van der Waals surface area (Å²) in [6.07, 6.45) is 3.74. The quantitative estimate of drug-likeness (QED) is 0.808. The summed E-state index contributed by atoms with van der Waals surface area (Å²) in [6.45, 7) is 3.07. The van der Waals surface area contributed by atoms with Crippen molar-refractivity contribution >= 4 is 17.6 Å². The normalized spacial score (nSPS) is 13.8. The molecule has 6 nitrogen and oxygen atoms in total. The molecule has 0 aliphatic carbocycles. The molecule has 2 aromatic carbocycles. The Bertz CT molecular complexity index is 814. The van der Waals surface area contributed by atoms with E-state index in [0.717, 1.165) is 18.7 Å². The maximum Gasteiger partial charge on any atom is 0.312 e. The number of benzene rings is 2. The molecular formula is C22H28N4O2. The number of amides is 3. The molecule has 0 spiro atoms. The molecule has 0 saturated carbocycles. The SMILES string of the molecule is CN(Cc1ccccc1N1CCCCC1)C(=O)c1ccc(CNC(N)=O)cc1. The first-order valence-corrected chi connectivity index (χ1v) is 9.75. The number of nitrogens with zero attached hydrogens (tertiary/aromatic N) is 2. The van der Waals surface area contributed by atoms with Crippen molar-refractivity contribution < 1.29 is 9.59 Å². The third kappa shape index (κ3) is 5.03. The smallest absolute Gasteiger partial charge is 0.312 e. The summed E-state index contributed by atoms with van der Waals surface area (Å²) in [6, 6.07) is 15.0. The van der Waals surface area contributed by atoms with Crippen molar-refractivity contribution in [3.8, 4) is 0 Å². The van der Waals surface area contributed by atoms with E-state index in [0.29, 0.717) is 18.7 Å². The van der Waals surface area contributed by atoms with E-state index in [4.69, 9.17) is 5.73 Å². The van der Waals surface area contributed by atoms with Gasteiger partial charge in [-0.25, -0.2) is 4.79 Å². The van der Waals surface area contributed by atoms with Gasteiger partial charge in [0.25, 0.3) is 5.91 Å². The molecule has 1 saturated heterocycles. The van der Waals surface area contributed by atoms with Gasteiger partial charge < -0.3 is 20.9 Å². The van der Waals surface area contributed by atoms with Crippen LogP contribution in [0.4, 0.5) is 10.5 Å². The number of urea groups is 1. The number of para-hydroxylation sites is 1. The minimum Gasteiger partial charge on any atom is -0.371 e. The molecule has 1 fully saturated rings. The maximum atomic E-state index is 12.8. The fourth-order valence-corrected chi connectivity index (χ4v) is 3.59. The number of rotatable bonds is 6. The van der Waals surface area contributed by atoms with Gasteiger partial charge in [0.05, 0.1) is 0 Å². The van der Waals surface area contributed by atoms with E-state index in [1.807, 2.05) is 25.2 Å². The molecule has 3 rings (SSSR count). The van der Waals surface area contributed by atoms with Crippen molar-refractivity contribution in [2.24, 2.45) is 5.73 Å². The van der Waals surface area contributed by atoms with Gasteiger partial charge in [0.15, 0.2) is 0 Å². The summed E-state index contributed by atoms with van der Waals surface area (Å²) in [4.78, 5) is 27.8. The monoisotopic (exact) mass is 380 g/mol. The van der Waals surface area contributed by atoms with Crippen LogP contribution in [0.15, 0.2) is 48.5 Å². The van der Waals surface area contributed by atoms with Gasteiger partial charge in [-0.05, 0) is 48.6 Å². The van der Waals surface area contributed by atoms with Crippen LogP contribution in [-0.2, 0) is 13.1 Å². The Hall–Kier alpha value is -3.02. The van der Waals surface area contributed by atoms with Gasteiger partial charge in [-0.3, -0.25) is 4.79 Å². The Morgan fingerprint density at radius 2 is 1.71 bits per heavy atom. The van der Waals surface area contributed by atoms with Crippen LogP contribution in [0.1, 0.15) is 40.7 Å². The molecule has 0 atom stereocenters. The van der Waals surface area contributed by atoms with E-state index in [1.165, 1.54) is 30.5 Å². The van der Waals surface area contributed by atoms with Gasteiger partial charge >= 0.3 is 6.03 Å². The second-order valence-corrected chi connectivity index (χ2v) is 7.25. The predicted molar refractivity (Wildman–Crippen MR) is 111 cm³/mol. The molecule has 6 heteroatoms. The molecule has 0 unspecified atom stereocenters. The van der Waals surface area contributed by atoms with Crippen LogP contribution >= 0.6 is 0 Å². The number of nitrogens with one attached hydrogen (secondary N) is 1. The highest BCUT2D eigenvalue weighted by Gasteiger charge is 2.17. The Morgan fingerprint density at radius 3 is 2.39 bits per heavy atom. The lowest BCUT2D eigenvalue weighted by molar-refractivity contribution is 0.0785. The van der Waals surface area contributed by atoms with E-state index >= 15 is 0 Å². The number of primary amides is 1. The molecule has 0 radical (unpaired) electrons. The largest absolute Gasteiger partial charge is 0.371 e. The fraction of sp³-hybridized carbons (Fsp3) is 0.364. The van der Waals surface area contributed by atoms with E-state index in [-0.39, 0.29) is 5.91 Å². The lowest BCUT2D eigenvalue weighted by Gasteiger charge is -2.31. The topological polar surface area (TPSA) is 78.7 Å². The third-order valence-electron chi connectivity index (χ3n) is 5.11. The molecule has 3 N–H and O–H groups in total. The fourth-order valence-electron chi connectivity index (χ4n) is 3.59. The molecule has 1 heterocycles. The molecule has 0 bridgehead atoms. The van der Waals surface area contributed by atoms with E-state index in [1.54, 1.807) is 17.0 Å². The highest BCUT2D eigenvalue weighted by atomic mass is 16.2. The second kappa shape index (κ2) is 9.26. The van der Waals surface area contributed by atoms with Gasteiger partial charge in [0, 0.05) is 44.5 Å².